The fraction of sp³-hybridized carbons (Fsp3) is 0.667. The molecule has 3 heterocycles. The Morgan fingerprint density at radius 2 is 1.83 bits per heavy atom. The highest BCUT2D eigenvalue weighted by Crippen LogP contribution is 2.19. The summed E-state index contributed by atoms with van der Waals surface area (Å²) in [5.74, 6) is 1.73. The highest BCUT2D eigenvalue weighted by Gasteiger charge is 2.22. The number of rotatable bonds is 3. The van der Waals surface area contributed by atoms with E-state index in [1.54, 1.807) is 6.20 Å². The minimum Gasteiger partial charge on any atom is -0.367 e. The molecule has 0 aliphatic carbocycles. The molecule has 126 valence electrons. The maximum Gasteiger partial charge on any atom is 0.255 e. The first kappa shape index (κ1) is 16.2. The topological polar surface area (TPSA) is 48.5 Å². The first-order chi connectivity index (χ1) is 11.1. The lowest BCUT2D eigenvalue weighted by molar-refractivity contribution is 0.0697. The first-order valence-electron chi connectivity index (χ1n) is 8.82. The number of hydrogen-bond acceptors (Lipinski definition) is 4. The van der Waals surface area contributed by atoms with E-state index in [9.17, 15) is 4.79 Å². The van der Waals surface area contributed by atoms with Gasteiger partial charge in [0.25, 0.3) is 5.91 Å². The molecule has 5 nitrogen and oxygen atoms in total. The third kappa shape index (κ3) is 4.22. The Bertz CT molecular complexity index is 514. The number of nitrogens with one attached hydrogen (secondary N) is 1. The molecule has 1 amide bonds. The lowest BCUT2D eigenvalue weighted by Crippen LogP contribution is -2.38. The maximum atomic E-state index is 12.5. The number of carbonyl (C=O) groups excluding carboxylic acids is 1. The Hall–Kier alpha value is -1.62. The third-order valence-electron chi connectivity index (χ3n) is 5.15. The van der Waals surface area contributed by atoms with E-state index in [0.717, 1.165) is 63.6 Å². The van der Waals surface area contributed by atoms with Gasteiger partial charge in [0.2, 0.25) is 0 Å². The van der Waals surface area contributed by atoms with E-state index in [2.05, 4.69) is 29.2 Å². The zero-order valence-electron chi connectivity index (χ0n) is 14.3. The average Bonchev–Trinajstić information content (AvgIpc) is 2.58. The Balaban J connectivity index is 1.55. The Labute approximate surface area is 139 Å². The van der Waals surface area contributed by atoms with Crippen LogP contribution < -0.4 is 5.32 Å². The van der Waals surface area contributed by atoms with Crippen molar-refractivity contribution in [1.29, 1.82) is 0 Å². The second kappa shape index (κ2) is 7.30. The number of anilines is 1. The lowest BCUT2D eigenvalue weighted by Gasteiger charge is -2.30. The molecule has 0 saturated carbocycles. The molecule has 23 heavy (non-hydrogen) atoms. The summed E-state index contributed by atoms with van der Waals surface area (Å²) in [6.45, 7) is 6.25. The van der Waals surface area contributed by atoms with Gasteiger partial charge in [0, 0.05) is 25.3 Å². The van der Waals surface area contributed by atoms with E-state index < -0.39 is 0 Å². The highest BCUT2D eigenvalue weighted by molar-refractivity contribution is 5.94. The summed E-state index contributed by atoms with van der Waals surface area (Å²) in [4.78, 5) is 21.3. The molecule has 3 rings (SSSR count). The number of carbonyl (C=O) groups is 1. The van der Waals surface area contributed by atoms with Crippen LogP contribution in [0.25, 0.3) is 0 Å². The molecule has 1 aromatic rings. The number of amides is 1. The van der Waals surface area contributed by atoms with Crippen LogP contribution in [0, 0.1) is 5.92 Å². The van der Waals surface area contributed by atoms with Crippen molar-refractivity contribution in [2.75, 3.05) is 38.5 Å². The molecule has 2 aliphatic rings. The quantitative estimate of drug-likeness (QED) is 0.930. The largest absolute Gasteiger partial charge is 0.367 e. The minimum atomic E-state index is 0.121. The van der Waals surface area contributed by atoms with E-state index in [4.69, 9.17) is 0 Å². The van der Waals surface area contributed by atoms with Crippen LogP contribution in [0.5, 0.6) is 0 Å². The van der Waals surface area contributed by atoms with Gasteiger partial charge in [-0.05, 0) is 63.9 Å². The van der Waals surface area contributed by atoms with Crippen LogP contribution >= 0.6 is 0 Å². The Morgan fingerprint density at radius 3 is 2.43 bits per heavy atom. The molecule has 2 aliphatic heterocycles. The number of nitrogens with zero attached hydrogens (tertiary/aromatic N) is 3. The van der Waals surface area contributed by atoms with E-state index >= 15 is 0 Å². The molecule has 0 unspecified atom stereocenters. The lowest BCUT2D eigenvalue weighted by atomic mass is 9.99. The van der Waals surface area contributed by atoms with Crippen LogP contribution in [0.1, 0.15) is 43.0 Å². The summed E-state index contributed by atoms with van der Waals surface area (Å²) >= 11 is 0. The molecule has 0 bridgehead atoms. The smallest absolute Gasteiger partial charge is 0.255 e. The van der Waals surface area contributed by atoms with Crippen molar-refractivity contribution in [3.05, 3.63) is 23.9 Å². The van der Waals surface area contributed by atoms with E-state index in [0.29, 0.717) is 11.6 Å². The molecular formula is C18H28N4O. The number of pyridine rings is 1. The molecule has 0 spiro atoms. The van der Waals surface area contributed by atoms with Gasteiger partial charge >= 0.3 is 0 Å². The minimum absolute atomic E-state index is 0.121. The number of likely N-dealkylation sites (tertiary alicyclic amines) is 2. The fourth-order valence-corrected chi connectivity index (χ4v) is 3.36. The van der Waals surface area contributed by atoms with Crippen molar-refractivity contribution in [1.82, 2.24) is 14.8 Å². The summed E-state index contributed by atoms with van der Waals surface area (Å²) in [5, 5.41) is 3.49. The predicted molar refractivity (Wildman–Crippen MR) is 92.7 cm³/mol. The molecule has 1 N–H and O–H groups in total. The van der Waals surface area contributed by atoms with Gasteiger partial charge in [0.05, 0.1) is 5.56 Å². The van der Waals surface area contributed by atoms with Crippen molar-refractivity contribution in [2.45, 2.75) is 38.6 Å². The van der Waals surface area contributed by atoms with Gasteiger partial charge in [-0.15, -0.1) is 0 Å². The van der Waals surface area contributed by atoms with Crippen LogP contribution in [0.15, 0.2) is 18.3 Å². The molecule has 0 atom stereocenters. The van der Waals surface area contributed by atoms with Crippen LogP contribution in [0.2, 0.25) is 0 Å². The molecule has 5 heteroatoms. The molecule has 2 saturated heterocycles. The Morgan fingerprint density at radius 1 is 1.13 bits per heavy atom. The molecule has 0 radical (unpaired) electrons. The molecule has 2 fully saturated rings. The molecule has 0 aromatic carbocycles. The highest BCUT2D eigenvalue weighted by atomic mass is 16.2. The monoisotopic (exact) mass is 316 g/mol. The summed E-state index contributed by atoms with van der Waals surface area (Å²) in [6, 6.07) is 4.34. The average molecular weight is 316 g/mol. The third-order valence-corrected chi connectivity index (χ3v) is 5.15. The zero-order valence-corrected chi connectivity index (χ0v) is 14.3. The van der Waals surface area contributed by atoms with Crippen LogP contribution in [0.4, 0.5) is 5.82 Å². The van der Waals surface area contributed by atoms with Gasteiger partial charge in [0.15, 0.2) is 0 Å². The second-order valence-electron chi connectivity index (χ2n) is 7.13. The van der Waals surface area contributed by atoms with Crippen molar-refractivity contribution in [3.63, 3.8) is 0 Å². The fourth-order valence-electron chi connectivity index (χ4n) is 3.36. The molecular weight excluding hydrogens is 288 g/mol. The van der Waals surface area contributed by atoms with E-state index in [1.807, 2.05) is 17.0 Å². The Kier molecular flexibility index (Phi) is 5.16. The molecule has 1 aromatic heterocycles. The number of aromatic nitrogens is 1. The first-order valence-corrected chi connectivity index (χ1v) is 8.82. The summed E-state index contributed by atoms with van der Waals surface area (Å²) in [6.07, 6.45) is 6.22. The summed E-state index contributed by atoms with van der Waals surface area (Å²) in [7, 11) is 2.16. The standard InChI is InChI=1S/C18H28N4O/c1-14-5-11-22(12-6-14)18(23)15-3-4-17(19-13-15)20-16-7-9-21(2)10-8-16/h3-4,13-14,16H,5-12H2,1-2H3,(H,19,20). The number of hydrogen-bond donors (Lipinski definition) is 1. The van der Waals surface area contributed by atoms with E-state index in [1.165, 1.54) is 0 Å². The van der Waals surface area contributed by atoms with Gasteiger partial charge < -0.3 is 15.1 Å². The van der Waals surface area contributed by atoms with Gasteiger partial charge in [-0.3, -0.25) is 4.79 Å². The maximum absolute atomic E-state index is 12.5. The van der Waals surface area contributed by atoms with Crippen molar-refractivity contribution in [2.24, 2.45) is 5.92 Å². The van der Waals surface area contributed by atoms with Crippen LogP contribution in [-0.2, 0) is 0 Å². The SMILES string of the molecule is CC1CCN(C(=O)c2ccc(NC3CCN(C)CC3)nc2)CC1. The second-order valence-corrected chi connectivity index (χ2v) is 7.13. The predicted octanol–water partition coefficient (Wildman–Crippen LogP) is 2.46. The van der Waals surface area contributed by atoms with Crippen molar-refractivity contribution < 1.29 is 4.79 Å². The van der Waals surface area contributed by atoms with Gasteiger partial charge in [0.1, 0.15) is 5.82 Å². The van der Waals surface area contributed by atoms with Gasteiger partial charge in [-0.2, -0.15) is 0 Å². The summed E-state index contributed by atoms with van der Waals surface area (Å²) < 4.78 is 0. The van der Waals surface area contributed by atoms with Crippen molar-refractivity contribution >= 4 is 11.7 Å². The van der Waals surface area contributed by atoms with Crippen molar-refractivity contribution in [3.8, 4) is 0 Å². The number of piperidine rings is 2. The normalized spacial score (nSPS) is 21.4. The van der Waals surface area contributed by atoms with Crippen LogP contribution in [0.3, 0.4) is 0 Å². The van der Waals surface area contributed by atoms with Gasteiger partial charge in [-0.1, -0.05) is 6.92 Å². The van der Waals surface area contributed by atoms with E-state index in [-0.39, 0.29) is 5.91 Å². The van der Waals surface area contributed by atoms with Crippen LogP contribution in [-0.4, -0.2) is 60.0 Å². The summed E-state index contributed by atoms with van der Waals surface area (Å²) in [5.41, 5.74) is 0.702. The van der Waals surface area contributed by atoms with Gasteiger partial charge in [-0.25, -0.2) is 4.98 Å². The zero-order chi connectivity index (χ0) is 16.2.